The van der Waals surface area contributed by atoms with Gasteiger partial charge in [-0.05, 0) is 48.9 Å². The van der Waals surface area contributed by atoms with E-state index in [1.807, 2.05) is 6.92 Å². The smallest absolute Gasteiger partial charge is 0.262 e. The van der Waals surface area contributed by atoms with Gasteiger partial charge in [0.1, 0.15) is 11.3 Å². The molecular weight excluding hydrogens is 419 g/mol. The SMILES string of the molecule is CCCNc1ccc(S(N)(=O)=O)cc1NS(=O)(=O)c1ccc(F)c2ncccc12. The molecule has 154 valence electrons. The van der Waals surface area contributed by atoms with Crippen molar-refractivity contribution in [3.05, 3.63) is 54.5 Å². The molecule has 4 N–H and O–H groups in total. The summed E-state index contributed by atoms with van der Waals surface area (Å²) >= 11 is 0. The minimum Gasteiger partial charge on any atom is -0.383 e. The summed E-state index contributed by atoms with van der Waals surface area (Å²) in [4.78, 5) is 3.45. The molecule has 11 heteroatoms. The Bertz CT molecular complexity index is 1280. The molecule has 2 aromatic carbocycles. The van der Waals surface area contributed by atoms with Crippen LogP contribution in [0.25, 0.3) is 10.9 Å². The lowest BCUT2D eigenvalue weighted by Crippen LogP contribution is -2.17. The molecule has 1 aromatic heterocycles. The molecule has 0 saturated heterocycles. The molecule has 29 heavy (non-hydrogen) atoms. The quantitative estimate of drug-likeness (QED) is 0.520. The first-order chi connectivity index (χ1) is 13.6. The summed E-state index contributed by atoms with van der Waals surface area (Å²) in [6.07, 6.45) is 2.12. The van der Waals surface area contributed by atoms with Gasteiger partial charge in [0.2, 0.25) is 10.0 Å². The highest BCUT2D eigenvalue weighted by Gasteiger charge is 2.22. The van der Waals surface area contributed by atoms with Crippen LogP contribution in [-0.4, -0.2) is 28.4 Å². The van der Waals surface area contributed by atoms with Crippen LogP contribution in [0.3, 0.4) is 0 Å². The number of benzene rings is 2. The molecule has 0 aliphatic heterocycles. The van der Waals surface area contributed by atoms with Gasteiger partial charge in [-0.25, -0.2) is 26.4 Å². The van der Waals surface area contributed by atoms with Crippen molar-refractivity contribution in [1.29, 1.82) is 0 Å². The molecule has 0 amide bonds. The van der Waals surface area contributed by atoms with E-state index in [1.54, 1.807) is 0 Å². The average Bonchev–Trinajstić information content (AvgIpc) is 2.66. The second-order valence-electron chi connectivity index (χ2n) is 6.23. The molecular formula is C18H19FN4O4S2. The topological polar surface area (TPSA) is 131 Å². The fraction of sp³-hybridized carbons (Fsp3) is 0.167. The molecule has 0 bridgehead atoms. The van der Waals surface area contributed by atoms with Gasteiger partial charge in [-0.1, -0.05) is 6.92 Å². The van der Waals surface area contributed by atoms with Gasteiger partial charge in [0.25, 0.3) is 10.0 Å². The Balaban J connectivity index is 2.12. The van der Waals surface area contributed by atoms with Gasteiger partial charge < -0.3 is 5.32 Å². The Morgan fingerprint density at radius 1 is 1.07 bits per heavy atom. The van der Waals surface area contributed by atoms with E-state index in [2.05, 4.69) is 15.0 Å². The molecule has 0 radical (unpaired) electrons. The lowest BCUT2D eigenvalue weighted by Gasteiger charge is -2.16. The zero-order valence-electron chi connectivity index (χ0n) is 15.4. The molecule has 0 fully saturated rings. The average molecular weight is 439 g/mol. The van der Waals surface area contributed by atoms with E-state index < -0.39 is 25.9 Å². The van der Waals surface area contributed by atoms with Gasteiger partial charge in [-0.2, -0.15) is 0 Å². The first kappa shape index (κ1) is 21.0. The van der Waals surface area contributed by atoms with E-state index in [1.165, 1.54) is 30.5 Å². The number of nitrogens with two attached hydrogens (primary N) is 1. The molecule has 0 spiro atoms. The molecule has 3 rings (SSSR count). The number of nitrogens with one attached hydrogen (secondary N) is 2. The summed E-state index contributed by atoms with van der Waals surface area (Å²) in [5, 5.41) is 8.30. The standard InChI is InChI=1S/C18H19FN4O4S2/c1-2-9-21-15-7-5-12(28(20,24)25)11-16(15)23-29(26,27)17-8-6-14(19)18-13(17)4-3-10-22-18/h3-8,10-11,21,23H,2,9H2,1H3,(H2,20,24,25). The fourth-order valence-corrected chi connectivity index (χ4v) is 4.55. The number of aromatic nitrogens is 1. The first-order valence-corrected chi connectivity index (χ1v) is 11.6. The Morgan fingerprint density at radius 3 is 2.52 bits per heavy atom. The maximum atomic E-state index is 14.0. The van der Waals surface area contributed by atoms with Crippen LogP contribution in [0.5, 0.6) is 0 Å². The van der Waals surface area contributed by atoms with E-state index in [0.29, 0.717) is 12.2 Å². The maximum Gasteiger partial charge on any atom is 0.262 e. The Labute approximate surface area is 168 Å². The Kier molecular flexibility index (Phi) is 5.73. The number of nitrogens with zero attached hydrogens (tertiary/aromatic N) is 1. The lowest BCUT2D eigenvalue weighted by molar-refractivity contribution is 0.596. The van der Waals surface area contributed by atoms with Crippen LogP contribution >= 0.6 is 0 Å². The summed E-state index contributed by atoms with van der Waals surface area (Å²) in [7, 11) is -8.24. The predicted molar refractivity (Wildman–Crippen MR) is 109 cm³/mol. The number of rotatable bonds is 7. The third-order valence-electron chi connectivity index (χ3n) is 4.10. The van der Waals surface area contributed by atoms with Crippen molar-refractivity contribution in [2.24, 2.45) is 5.14 Å². The van der Waals surface area contributed by atoms with E-state index in [4.69, 9.17) is 5.14 Å². The van der Waals surface area contributed by atoms with Crippen molar-refractivity contribution in [1.82, 2.24) is 4.98 Å². The van der Waals surface area contributed by atoms with Crippen molar-refractivity contribution in [2.75, 3.05) is 16.6 Å². The molecule has 0 aliphatic carbocycles. The number of anilines is 2. The monoisotopic (exact) mass is 438 g/mol. The number of primary sulfonamides is 1. The van der Waals surface area contributed by atoms with Crippen molar-refractivity contribution in [3.8, 4) is 0 Å². The van der Waals surface area contributed by atoms with Gasteiger partial charge in [-0.15, -0.1) is 0 Å². The normalized spacial score (nSPS) is 12.1. The van der Waals surface area contributed by atoms with Crippen LogP contribution in [0, 0.1) is 5.82 Å². The number of hydrogen-bond donors (Lipinski definition) is 3. The second-order valence-corrected chi connectivity index (χ2v) is 9.44. The fourth-order valence-electron chi connectivity index (χ4n) is 2.74. The zero-order chi connectivity index (χ0) is 21.2. The van der Waals surface area contributed by atoms with Crippen LogP contribution in [0.2, 0.25) is 0 Å². The van der Waals surface area contributed by atoms with E-state index >= 15 is 0 Å². The number of sulfonamides is 2. The number of pyridine rings is 1. The van der Waals surface area contributed by atoms with Crippen LogP contribution in [0.4, 0.5) is 15.8 Å². The van der Waals surface area contributed by atoms with Crippen molar-refractivity contribution in [3.63, 3.8) is 0 Å². The zero-order valence-corrected chi connectivity index (χ0v) is 17.0. The van der Waals surface area contributed by atoms with Gasteiger partial charge in [0, 0.05) is 18.1 Å². The van der Waals surface area contributed by atoms with Crippen molar-refractivity contribution < 1.29 is 21.2 Å². The summed E-state index contributed by atoms with van der Waals surface area (Å²) in [5.41, 5.74) is 0.303. The minimum atomic E-state index is -4.20. The van der Waals surface area contributed by atoms with Gasteiger partial charge >= 0.3 is 0 Å². The summed E-state index contributed by atoms with van der Waals surface area (Å²) in [5.74, 6) is -0.652. The highest BCUT2D eigenvalue weighted by Crippen LogP contribution is 2.30. The summed E-state index contributed by atoms with van der Waals surface area (Å²) in [6, 6.07) is 8.92. The molecule has 0 aliphatic rings. The third kappa shape index (κ3) is 4.47. The summed E-state index contributed by atoms with van der Waals surface area (Å²) in [6.45, 7) is 2.46. The van der Waals surface area contributed by atoms with Crippen LogP contribution in [0.1, 0.15) is 13.3 Å². The van der Waals surface area contributed by atoms with Gasteiger partial charge in [0.15, 0.2) is 0 Å². The summed E-state index contributed by atoms with van der Waals surface area (Å²) < 4.78 is 65.8. The number of hydrogen-bond acceptors (Lipinski definition) is 6. The Hall–Kier alpha value is -2.76. The van der Waals surface area contributed by atoms with E-state index in [0.717, 1.165) is 24.6 Å². The lowest BCUT2D eigenvalue weighted by atomic mass is 10.2. The predicted octanol–water partition coefficient (Wildman–Crippen LogP) is 2.64. The number of halogens is 1. The number of fused-ring (bicyclic) bond motifs is 1. The van der Waals surface area contributed by atoms with E-state index in [9.17, 15) is 21.2 Å². The van der Waals surface area contributed by atoms with Crippen molar-refractivity contribution in [2.45, 2.75) is 23.1 Å². The largest absolute Gasteiger partial charge is 0.383 e. The molecule has 0 saturated carbocycles. The molecule has 3 aromatic rings. The third-order valence-corrected chi connectivity index (χ3v) is 6.43. The molecule has 1 heterocycles. The van der Waals surface area contributed by atoms with E-state index in [-0.39, 0.29) is 26.4 Å². The molecule has 0 atom stereocenters. The maximum absolute atomic E-state index is 14.0. The van der Waals surface area contributed by atoms with Crippen molar-refractivity contribution >= 4 is 42.3 Å². The van der Waals surface area contributed by atoms with Gasteiger partial charge in [0.05, 0.1) is 21.2 Å². The second kappa shape index (κ2) is 7.93. The van der Waals surface area contributed by atoms with Crippen LogP contribution < -0.4 is 15.2 Å². The molecule has 8 nitrogen and oxygen atoms in total. The Morgan fingerprint density at radius 2 is 1.83 bits per heavy atom. The van der Waals surface area contributed by atoms with Gasteiger partial charge in [-0.3, -0.25) is 9.71 Å². The van der Waals surface area contributed by atoms with Crippen LogP contribution in [-0.2, 0) is 20.0 Å². The highest BCUT2D eigenvalue weighted by atomic mass is 32.2. The first-order valence-electron chi connectivity index (χ1n) is 8.60. The minimum absolute atomic E-state index is 0.00587. The highest BCUT2D eigenvalue weighted by molar-refractivity contribution is 7.93. The molecule has 0 unspecified atom stereocenters. The van der Waals surface area contributed by atoms with Crippen LogP contribution in [0.15, 0.2) is 58.5 Å².